The van der Waals surface area contributed by atoms with Gasteiger partial charge in [0, 0.05) is 4.83 Å². The minimum absolute atomic E-state index is 0.186. The Morgan fingerprint density at radius 1 is 1.70 bits per heavy atom. The molecule has 2 unspecified atom stereocenters. The van der Waals surface area contributed by atoms with Gasteiger partial charge in [-0.2, -0.15) is 0 Å². The highest BCUT2D eigenvalue weighted by molar-refractivity contribution is 9.09. The van der Waals surface area contributed by atoms with Gasteiger partial charge >= 0.3 is 5.97 Å². The molecule has 10 heavy (non-hydrogen) atoms. The second-order valence-corrected chi connectivity index (χ2v) is 3.63. The summed E-state index contributed by atoms with van der Waals surface area (Å²) >= 11 is 3.35. The number of carbonyl (C=O) groups is 1. The minimum atomic E-state index is -0.686. The Hall–Kier alpha value is -0.310. The molecule has 1 aliphatic rings. The lowest BCUT2D eigenvalue weighted by atomic mass is 9.95. The molecule has 0 bridgehead atoms. The molecule has 0 aliphatic heterocycles. The summed E-state index contributed by atoms with van der Waals surface area (Å²) in [4.78, 5) is 10.7. The maximum Gasteiger partial charge on any atom is 0.306 e. The Labute approximate surface area is 68.1 Å². The van der Waals surface area contributed by atoms with Crippen molar-refractivity contribution < 1.29 is 9.90 Å². The molecular weight excluding hydrogens is 196 g/mol. The van der Waals surface area contributed by atoms with E-state index < -0.39 is 5.97 Å². The third kappa shape index (κ3) is 1.84. The molecule has 2 nitrogen and oxygen atoms in total. The van der Waals surface area contributed by atoms with Gasteiger partial charge in [0.25, 0.3) is 0 Å². The maximum atomic E-state index is 10.4. The van der Waals surface area contributed by atoms with Crippen molar-refractivity contribution in [3.8, 4) is 0 Å². The minimum Gasteiger partial charge on any atom is -0.481 e. The fraction of sp³-hybridized carbons (Fsp3) is 0.571. The van der Waals surface area contributed by atoms with Gasteiger partial charge in [0.2, 0.25) is 0 Å². The van der Waals surface area contributed by atoms with E-state index in [1.54, 1.807) is 0 Å². The highest BCUT2D eigenvalue weighted by atomic mass is 79.9. The number of hydrogen-bond acceptors (Lipinski definition) is 1. The van der Waals surface area contributed by atoms with E-state index >= 15 is 0 Å². The molecule has 3 heteroatoms. The van der Waals surface area contributed by atoms with Crippen molar-refractivity contribution in [2.75, 3.05) is 0 Å². The molecule has 0 aromatic rings. The number of alkyl halides is 1. The number of carboxylic acid groups (broad SMARTS) is 1. The van der Waals surface area contributed by atoms with Gasteiger partial charge in [0.1, 0.15) is 0 Å². The van der Waals surface area contributed by atoms with Crippen LogP contribution in [0.25, 0.3) is 0 Å². The van der Waals surface area contributed by atoms with Gasteiger partial charge in [-0.1, -0.05) is 28.1 Å². The SMILES string of the molecule is O=C(O)C1CC=CC(Br)C1. The molecule has 1 aliphatic carbocycles. The summed E-state index contributed by atoms with van der Waals surface area (Å²) in [6.07, 6.45) is 5.31. The zero-order valence-corrected chi connectivity index (χ0v) is 7.04. The quantitative estimate of drug-likeness (QED) is 0.523. The summed E-state index contributed by atoms with van der Waals surface area (Å²) in [5, 5.41) is 8.60. The first-order valence-electron chi connectivity index (χ1n) is 3.23. The number of halogens is 1. The number of aliphatic carboxylic acids is 1. The molecule has 56 valence electrons. The van der Waals surface area contributed by atoms with Gasteiger partial charge in [-0.3, -0.25) is 4.79 Å². The first kappa shape index (κ1) is 7.79. The molecule has 1 N–H and O–H groups in total. The van der Waals surface area contributed by atoms with Crippen LogP contribution in [0, 0.1) is 5.92 Å². The van der Waals surface area contributed by atoms with Gasteiger partial charge in [0.15, 0.2) is 0 Å². The van der Waals surface area contributed by atoms with Gasteiger partial charge in [-0.05, 0) is 12.8 Å². The third-order valence-corrected chi connectivity index (χ3v) is 2.30. The lowest BCUT2D eigenvalue weighted by Crippen LogP contribution is -2.19. The zero-order chi connectivity index (χ0) is 7.56. The van der Waals surface area contributed by atoms with Crippen LogP contribution in [0.4, 0.5) is 0 Å². The van der Waals surface area contributed by atoms with Gasteiger partial charge in [0.05, 0.1) is 5.92 Å². The average Bonchev–Trinajstić information content (AvgIpc) is 1.88. The van der Waals surface area contributed by atoms with E-state index in [-0.39, 0.29) is 10.7 Å². The topological polar surface area (TPSA) is 37.3 Å². The molecule has 0 fully saturated rings. The summed E-state index contributed by atoms with van der Waals surface area (Å²) in [7, 11) is 0. The average molecular weight is 205 g/mol. The van der Waals surface area contributed by atoms with Crippen molar-refractivity contribution in [1.82, 2.24) is 0 Å². The molecule has 0 amide bonds. The normalized spacial score (nSPS) is 32.1. The second kappa shape index (κ2) is 3.19. The standard InChI is InChI=1S/C7H9BrO2/c8-6-3-1-2-5(4-6)7(9)10/h1,3,5-6H,2,4H2,(H,9,10). The Bertz CT molecular complexity index is 165. The molecule has 0 spiro atoms. The van der Waals surface area contributed by atoms with Crippen molar-refractivity contribution in [2.24, 2.45) is 5.92 Å². The van der Waals surface area contributed by atoms with Crippen LogP contribution in [0.1, 0.15) is 12.8 Å². The lowest BCUT2D eigenvalue weighted by molar-refractivity contribution is -0.141. The van der Waals surface area contributed by atoms with E-state index in [0.717, 1.165) is 0 Å². The molecule has 1 rings (SSSR count). The number of hydrogen-bond donors (Lipinski definition) is 1. The van der Waals surface area contributed by atoms with E-state index in [4.69, 9.17) is 5.11 Å². The van der Waals surface area contributed by atoms with E-state index in [2.05, 4.69) is 15.9 Å². The first-order chi connectivity index (χ1) is 4.70. The molecule has 0 radical (unpaired) electrons. The van der Waals surface area contributed by atoms with E-state index in [0.29, 0.717) is 12.8 Å². The Morgan fingerprint density at radius 3 is 2.80 bits per heavy atom. The Balaban J connectivity index is 2.52. The fourth-order valence-corrected chi connectivity index (χ4v) is 1.71. The van der Waals surface area contributed by atoms with E-state index in [1.165, 1.54) is 0 Å². The summed E-state index contributed by atoms with van der Waals surface area (Å²) in [5.74, 6) is -0.872. The van der Waals surface area contributed by atoms with Gasteiger partial charge < -0.3 is 5.11 Å². The van der Waals surface area contributed by atoms with Crippen molar-refractivity contribution in [3.63, 3.8) is 0 Å². The number of allylic oxidation sites excluding steroid dienone is 2. The summed E-state index contributed by atoms with van der Waals surface area (Å²) in [5.41, 5.74) is 0. The van der Waals surface area contributed by atoms with Crippen LogP contribution in [-0.2, 0) is 4.79 Å². The first-order valence-corrected chi connectivity index (χ1v) is 4.15. The van der Waals surface area contributed by atoms with Crippen LogP contribution in [0.15, 0.2) is 12.2 Å². The van der Waals surface area contributed by atoms with Crippen LogP contribution in [0.5, 0.6) is 0 Å². The highest BCUT2D eigenvalue weighted by Crippen LogP contribution is 2.23. The van der Waals surface area contributed by atoms with Crippen molar-refractivity contribution in [3.05, 3.63) is 12.2 Å². The zero-order valence-electron chi connectivity index (χ0n) is 5.46. The monoisotopic (exact) mass is 204 g/mol. The largest absolute Gasteiger partial charge is 0.481 e. The Morgan fingerprint density at radius 2 is 2.40 bits per heavy atom. The van der Waals surface area contributed by atoms with Crippen LogP contribution >= 0.6 is 15.9 Å². The van der Waals surface area contributed by atoms with Gasteiger partial charge in [-0.15, -0.1) is 0 Å². The number of rotatable bonds is 1. The predicted molar refractivity (Wildman–Crippen MR) is 42.2 cm³/mol. The molecule has 0 aromatic carbocycles. The molecule has 0 aromatic heterocycles. The molecular formula is C7H9BrO2. The van der Waals surface area contributed by atoms with Crippen molar-refractivity contribution >= 4 is 21.9 Å². The molecule has 0 saturated carbocycles. The van der Waals surface area contributed by atoms with E-state index in [1.807, 2.05) is 12.2 Å². The maximum absolute atomic E-state index is 10.4. The predicted octanol–water partition coefficient (Wildman–Crippen LogP) is 1.80. The van der Waals surface area contributed by atoms with Crippen LogP contribution in [-0.4, -0.2) is 15.9 Å². The fourth-order valence-electron chi connectivity index (χ4n) is 1.04. The second-order valence-electron chi connectivity index (χ2n) is 2.45. The van der Waals surface area contributed by atoms with Crippen LogP contribution in [0.2, 0.25) is 0 Å². The van der Waals surface area contributed by atoms with Gasteiger partial charge in [-0.25, -0.2) is 0 Å². The van der Waals surface area contributed by atoms with Crippen LogP contribution in [0.3, 0.4) is 0 Å². The smallest absolute Gasteiger partial charge is 0.306 e. The third-order valence-electron chi connectivity index (χ3n) is 1.62. The molecule has 0 saturated heterocycles. The van der Waals surface area contributed by atoms with Crippen molar-refractivity contribution in [1.29, 1.82) is 0 Å². The summed E-state index contributed by atoms with van der Waals surface area (Å²) < 4.78 is 0. The lowest BCUT2D eigenvalue weighted by Gasteiger charge is -2.16. The van der Waals surface area contributed by atoms with Crippen molar-refractivity contribution in [2.45, 2.75) is 17.7 Å². The molecule has 2 atom stereocenters. The summed E-state index contributed by atoms with van der Waals surface area (Å²) in [6.45, 7) is 0. The summed E-state index contributed by atoms with van der Waals surface area (Å²) in [6, 6.07) is 0. The van der Waals surface area contributed by atoms with Crippen LogP contribution < -0.4 is 0 Å². The van der Waals surface area contributed by atoms with E-state index in [9.17, 15) is 4.79 Å². The number of carboxylic acids is 1. The Kier molecular flexibility index (Phi) is 2.49. The highest BCUT2D eigenvalue weighted by Gasteiger charge is 2.21. The molecule has 0 heterocycles.